The highest BCUT2D eigenvalue weighted by Crippen LogP contribution is 2.20. The maximum absolute atomic E-state index is 11.9. The van der Waals surface area contributed by atoms with E-state index in [0.29, 0.717) is 17.2 Å². The lowest BCUT2D eigenvalue weighted by atomic mass is 10.2. The van der Waals surface area contributed by atoms with E-state index in [1.54, 1.807) is 30.3 Å². The van der Waals surface area contributed by atoms with Gasteiger partial charge >= 0.3 is 5.97 Å². The molecule has 0 saturated heterocycles. The van der Waals surface area contributed by atoms with Crippen LogP contribution in [0.4, 0.5) is 0 Å². The third-order valence-corrected chi connectivity index (χ3v) is 3.97. The molecular weight excluding hydrogens is 310 g/mol. The second kappa shape index (κ2) is 7.07. The van der Waals surface area contributed by atoms with Crippen molar-refractivity contribution in [1.82, 2.24) is 4.37 Å². The van der Waals surface area contributed by atoms with E-state index in [2.05, 4.69) is 4.37 Å². The molecule has 2 aromatic carbocycles. The average Bonchev–Trinajstić information content (AvgIpc) is 3.02. The second-order valence-electron chi connectivity index (χ2n) is 4.97. The summed E-state index contributed by atoms with van der Waals surface area (Å²) >= 11 is 1.14. The molecule has 3 aromatic rings. The zero-order valence-corrected chi connectivity index (χ0v) is 13.4. The van der Waals surface area contributed by atoms with E-state index in [-0.39, 0.29) is 0 Å². The first-order chi connectivity index (χ1) is 11.2. The quantitative estimate of drug-likeness (QED) is 0.520. The summed E-state index contributed by atoms with van der Waals surface area (Å²) in [4.78, 5) is 12.4. The number of nitrogens with zero attached hydrogens (tertiary/aromatic N) is 1. The predicted molar refractivity (Wildman–Crippen MR) is 89.0 cm³/mol. The highest BCUT2D eigenvalue weighted by atomic mass is 32.1. The minimum absolute atomic E-state index is 0.395. The molecule has 0 spiro atoms. The molecule has 23 heavy (non-hydrogen) atoms. The summed E-state index contributed by atoms with van der Waals surface area (Å²) in [7, 11) is 0. The molecule has 0 bridgehead atoms. The number of ether oxygens (including phenoxy) is 2. The monoisotopic (exact) mass is 325 g/mol. The Morgan fingerprint density at radius 2 is 1.74 bits per heavy atom. The largest absolute Gasteiger partial charge is 0.489 e. The number of esters is 1. The van der Waals surface area contributed by atoms with Crippen molar-refractivity contribution in [3.05, 3.63) is 76.8 Å². The van der Waals surface area contributed by atoms with Crippen LogP contribution in [-0.4, -0.2) is 10.3 Å². The van der Waals surface area contributed by atoms with E-state index >= 15 is 0 Å². The summed E-state index contributed by atoms with van der Waals surface area (Å²) in [6.45, 7) is 2.34. The number of benzene rings is 2. The first-order valence-corrected chi connectivity index (χ1v) is 7.90. The van der Waals surface area contributed by atoms with Crippen molar-refractivity contribution in [2.75, 3.05) is 0 Å². The minimum atomic E-state index is -0.395. The van der Waals surface area contributed by atoms with Gasteiger partial charge in [-0.25, -0.2) is 4.79 Å². The van der Waals surface area contributed by atoms with Crippen molar-refractivity contribution in [1.29, 1.82) is 0 Å². The van der Waals surface area contributed by atoms with Gasteiger partial charge in [0.25, 0.3) is 0 Å². The van der Waals surface area contributed by atoms with Gasteiger partial charge in [0.05, 0.1) is 5.69 Å². The van der Waals surface area contributed by atoms with Crippen LogP contribution >= 0.6 is 11.5 Å². The normalized spacial score (nSPS) is 10.3. The fourth-order valence-electron chi connectivity index (χ4n) is 1.96. The lowest BCUT2D eigenvalue weighted by molar-refractivity contribution is 0.0739. The molecule has 1 aromatic heterocycles. The van der Waals surface area contributed by atoms with Gasteiger partial charge in [0.15, 0.2) is 0 Å². The molecule has 0 aliphatic rings. The Balaban J connectivity index is 1.57. The summed E-state index contributed by atoms with van der Waals surface area (Å²) in [6, 6.07) is 18.6. The lowest BCUT2D eigenvalue weighted by Gasteiger charge is -2.07. The molecule has 4 nitrogen and oxygen atoms in total. The summed E-state index contributed by atoms with van der Waals surface area (Å²) in [5.74, 6) is 0.809. The summed E-state index contributed by atoms with van der Waals surface area (Å²) in [5.41, 5.74) is 1.91. The number of rotatable bonds is 5. The van der Waals surface area contributed by atoms with Crippen molar-refractivity contribution in [2.24, 2.45) is 0 Å². The molecule has 0 fully saturated rings. The van der Waals surface area contributed by atoms with Crippen LogP contribution in [0, 0.1) is 6.92 Å². The Hall–Kier alpha value is -2.66. The third kappa shape index (κ3) is 4.17. The van der Waals surface area contributed by atoms with Crippen LogP contribution in [0.5, 0.6) is 11.5 Å². The van der Waals surface area contributed by atoms with E-state index in [1.165, 1.54) is 0 Å². The van der Waals surface area contributed by atoms with E-state index < -0.39 is 5.97 Å². The van der Waals surface area contributed by atoms with E-state index in [9.17, 15) is 4.79 Å². The van der Waals surface area contributed by atoms with E-state index in [1.807, 2.05) is 37.3 Å². The average molecular weight is 325 g/mol. The highest BCUT2D eigenvalue weighted by molar-refractivity contribution is 7.08. The Morgan fingerprint density at radius 1 is 1.04 bits per heavy atom. The third-order valence-electron chi connectivity index (χ3n) is 3.11. The molecule has 0 unspecified atom stereocenters. The van der Waals surface area contributed by atoms with E-state index in [0.717, 1.165) is 28.5 Å². The van der Waals surface area contributed by atoms with Crippen LogP contribution in [0.25, 0.3) is 0 Å². The van der Waals surface area contributed by atoms with Gasteiger partial charge in [0, 0.05) is 0 Å². The second-order valence-corrected chi connectivity index (χ2v) is 5.77. The maximum Gasteiger partial charge on any atom is 0.355 e. The van der Waals surface area contributed by atoms with Gasteiger partial charge in [-0.1, -0.05) is 30.3 Å². The van der Waals surface area contributed by atoms with Crippen molar-refractivity contribution in [2.45, 2.75) is 13.5 Å². The summed E-state index contributed by atoms with van der Waals surface area (Å²) in [5, 5.41) is 0. The molecule has 0 N–H and O–H groups in total. The topological polar surface area (TPSA) is 48.4 Å². The SMILES string of the molecule is Cc1cc(C(=O)Oc2ccc(OCc3ccccc3)cc2)sn1. The number of hydrogen-bond donors (Lipinski definition) is 0. The van der Waals surface area contributed by atoms with Crippen LogP contribution < -0.4 is 9.47 Å². The van der Waals surface area contributed by atoms with Gasteiger partial charge in [-0.3, -0.25) is 0 Å². The van der Waals surface area contributed by atoms with Crippen LogP contribution in [0.15, 0.2) is 60.7 Å². The molecular formula is C18H15NO3S. The fraction of sp³-hybridized carbons (Fsp3) is 0.111. The Kier molecular flexibility index (Phi) is 4.68. The maximum atomic E-state index is 11.9. The smallest absolute Gasteiger partial charge is 0.355 e. The standard InChI is InChI=1S/C18H15NO3S/c1-13-11-17(23-19-13)18(20)22-16-9-7-15(8-10-16)21-12-14-5-3-2-4-6-14/h2-11H,12H2,1H3. The molecule has 3 rings (SSSR count). The van der Waals surface area contributed by atoms with Gasteiger partial charge in [-0.15, -0.1) is 0 Å². The van der Waals surface area contributed by atoms with Gasteiger partial charge in [0.1, 0.15) is 23.0 Å². The minimum Gasteiger partial charge on any atom is -0.489 e. The molecule has 0 saturated carbocycles. The molecule has 0 atom stereocenters. The number of aromatic nitrogens is 1. The number of carbonyl (C=O) groups excluding carboxylic acids is 1. The van der Waals surface area contributed by atoms with Crippen molar-refractivity contribution in [3.63, 3.8) is 0 Å². The molecule has 0 radical (unpaired) electrons. The Morgan fingerprint density at radius 3 is 2.39 bits per heavy atom. The first-order valence-electron chi connectivity index (χ1n) is 7.13. The van der Waals surface area contributed by atoms with Crippen LogP contribution in [0.3, 0.4) is 0 Å². The predicted octanol–water partition coefficient (Wildman–Crippen LogP) is 4.25. The van der Waals surface area contributed by atoms with Crippen LogP contribution in [0.1, 0.15) is 20.9 Å². The molecule has 1 heterocycles. The molecule has 0 aliphatic carbocycles. The highest BCUT2D eigenvalue weighted by Gasteiger charge is 2.11. The van der Waals surface area contributed by atoms with Gasteiger partial charge in [0.2, 0.25) is 0 Å². The Bertz CT molecular complexity index is 782. The van der Waals surface area contributed by atoms with Crippen molar-refractivity contribution >= 4 is 17.5 Å². The van der Waals surface area contributed by atoms with Crippen LogP contribution in [-0.2, 0) is 6.61 Å². The molecule has 0 aliphatic heterocycles. The van der Waals surface area contributed by atoms with Crippen molar-refractivity contribution in [3.8, 4) is 11.5 Å². The van der Waals surface area contributed by atoms with E-state index in [4.69, 9.17) is 9.47 Å². The molecule has 116 valence electrons. The molecule has 0 amide bonds. The first kappa shape index (κ1) is 15.2. The van der Waals surface area contributed by atoms with Gasteiger partial charge < -0.3 is 9.47 Å². The number of carbonyl (C=O) groups is 1. The fourth-order valence-corrected chi connectivity index (χ4v) is 2.60. The lowest BCUT2D eigenvalue weighted by Crippen LogP contribution is -2.06. The molecule has 5 heteroatoms. The van der Waals surface area contributed by atoms with Gasteiger partial charge in [-0.2, -0.15) is 4.37 Å². The Labute approximate surface area is 138 Å². The summed E-state index contributed by atoms with van der Waals surface area (Å²) < 4.78 is 15.1. The number of hydrogen-bond acceptors (Lipinski definition) is 5. The number of aryl methyl sites for hydroxylation is 1. The van der Waals surface area contributed by atoms with Gasteiger partial charge in [-0.05, 0) is 54.4 Å². The van der Waals surface area contributed by atoms with Crippen molar-refractivity contribution < 1.29 is 14.3 Å². The zero-order chi connectivity index (χ0) is 16.1. The van der Waals surface area contributed by atoms with Crippen LogP contribution in [0.2, 0.25) is 0 Å². The summed E-state index contributed by atoms with van der Waals surface area (Å²) in [6.07, 6.45) is 0. The zero-order valence-electron chi connectivity index (χ0n) is 12.6.